The molecule has 1 heterocycles. The van der Waals surface area contributed by atoms with Gasteiger partial charge in [-0.15, -0.1) is 5.06 Å². The summed E-state index contributed by atoms with van der Waals surface area (Å²) in [5, 5.41) is 3.15. The molecular formula is C10H16N2O6S2. The van der Waals surface area contributed by atoms with Crippen LogP contribution in [-0.2, 0) is 28.1 Å². The molecule has 2 amide bonds. The molecule has 0 radical (unpaired) electrons. The molecule has 114 valence electrons. The summed E-state index contributed by atoms with van der Waals surface area (Å²) in [6.07, 6.45) is 1.13. The quantitative estimate of drug-likeness (QED) is 0.365. The number of amides is 2. The third kappa shape index (κ3) is 5.47. The summed E-state index contributed by atoms with van der Waals surface area (Å²) in [7, 11) is -2.34. The highest BCUT2D eigenvalue weighted by Crippen LogP contribution is 2.18. The van der Waals surface area contributed by atoms with Crippen molar-refractivity contribution in [1.82, 2.24) is 10.4 Å². The van der Waals surface area contributed by atoms with Gasteiger partial charge in [0.15, 0.2) is 8.87 Å². The van der Waals surface area contributed by atoms with Crippen molar-refractivity contribution in [2.24, 2.45) is 5.92 Å². The number of hydrogen-bond donors (Lipinski definition) is 1. The Hall–Kier alpha value is -1.13. The lowest BCUT2D eigenvalue weighted by atomic mass is 10.1. The van der Waals surface area contributed by atoms with Crippen LogP contribution >= 0.6 is 10.8 Å². The smallest absolute Gasteiger partial charge is 0.329 e. The molecule has 1 aliphatic heterocycles. The molecule has 1 rings (SSSR count). The Morgan fingerprint density at radius 2 is 2.15 bits per heavy atom. The molecule has 1 atom stereocenters. The summed E-state index contributed by atoms with van der Waals surface area (Å²) < 4.78 is 21.6. The highest BCUT2D eigenvalue weighted by Gasteiger charge is 2.38. The Balaban J connectivity index is 2.24. The number of imide groups is 1. The molecule has 20 heavy (non-hydrogen) atoms. The highest BCUT2D eigenvalue weighted by atomic mass is 33.1. The molecule has 0 aromatic carbocycles. The van der Waals surface area contributed by atoms with E-state index in [0.717, 1.165) is 17.0 Å². The van der Waals surface area contributed by atoms with E-state index in [1.54, 1.807) is 6.92 Å². The standard InChI is InChI=1S/C10H16N2O6S2/c1-7-5-8(13)12(10(7)15)18-9(14)6-11-3-4-19-20(2,16)17/h7,11H,3-6H2,1-2H3. The van der Waals surface area contributed by atoms with Crippen molar-refractivity contribution in [2.75, 3.05) is 25.1 Å². The van der Waals surface area contributed by atoms with Gasteiger partial charge in [0.05, 0.1) is 6.54 Å². The molecule has 0 aliphatic carbocycles. The summed E-state index contributed by atoms with van der Waals surface area (Å²) in [5.41, 5.74) is 0. The lowest BCUT2D eigenvalue weighted by Gasteiger charge is -2.13. The summed E-state index contributed by atoms with van der Waals surface area (Å²) in [5.74, 6) is -2.04. The van der Waals surface area contributed by atoms with Crippen LogP contribution in [0.3, 0.4) is 0 Å². The van der Waals surface area contributed by atoms with Crippen molar-refractivity contribution in [3.05, 3.63) is 0 Å². The molecule has 0 bridgehead atoms. The van der Waals surface area contributed by atoms with Gasteiger partial charge in [0, 0.05) is 30.9 Å². The Kier molecular flexibility index (Phi) is 5.96. The summed E-state index contributed by atoms with van der Waals surface area (Å²) in [4.78, 5) is 38.9. The lowest BCUT2D eigenvalue weighted by molar-refractivity contribution is -0.197. The molecule has 10 heteroatoms. The van der Waals surface area contributed by atoms with Gasteiger partial charge in [-0.2, -0.15) is 0 Å². The zero-order chi connectivity index (χ0) is 15.3. The molecule has 1 saturated heterocycles. The van der Waals surface area contributed by atoms with E-state index in [4.69, 9.17) is 0 Å². The molecule has 0 spiro atoms. The van der Waals surface area contributed by atoms with Crippen LogP contribution in [0.4, 0.5) is 0 Å². The van der Waals surface area contributed by atoms with Crippen molar-refractivity contribution in [3.63, 3.8) is 0 Å². The average Bonchev–Trinajstić information content (AvgIpc) is 2.54. The van der Waals surface area contributed by atoms with E-state index in [1.807, 2.05) is 0 Å². The SMILES string of the molecule is CC1CC(=O)N(OC(=O)CNCCSS(C)(=O)=O)C1=O. The minimum absolute atomic E-state index is 0.0323. The third-order valence-corrected chi connectivity index (χ3v) is 4.95. The molecule has 1 N–H and O–H groups in total. The number of rotatable bonds is 7. The number of nitrogens with zero attached hydrogens (tertiary/aromatic N) is 1. The number of carbonyl (C=O) groups excluding carboxylic acids is 3. The fraction of sp³-hybridized carbons (Fsp3) is 0.700. The number of hydrogen-bond acceptors (Lipinski definition) is 8. The van der Waals surface area contributed by atoms with Crippen LogP contribution in [0.5, 0.6) is 0 Å². The second-order valence-electron chi connectivity index (χ2n) is 4.30. The average molecular weight is 324 g/mol. The molecule has 1 fully saturated rings. The number of nitrogens with one attached hydrogen (secondary N) is 1. The summed E-state index contributed by atoms with van der Waals surface area (Å²) in [6, 6.07) is 0. The van der Waals surface area contributed by atoms with Crippen molar-refractivity contribution in [1.29, 1.82) is 0 Å². The van der Waals surface area contributed by atoms with Gasteiger partial charge in [-0.05, 0) is 10.8 Å². The zero-order valence-corrected chi connectivity index (χ0v) is 12.8. The van der Waals surface area contributed by atoms with E-state index in [1.165, 1.54) is 0 Å². The first kappa shape index (κ1) is 16.9. The van der Waals surface area contributed by atoms with Gasteiger partial charge in [-0.25, -0.2) is 13.2 Å². The van der Waals surface area contributed by atoms with Gasteiger partial charge < -0.3 is 10.2 Å². The highest BCUT2D eigenvalue weighted by molar-refractivity contribution is 8.71. The molecule has 1 aliphatic rings. The van der Waals surface area contributed by atoms with Crippen molar-refractivity contribution >= 4 is 37.4 Å². The minimum atomic E-state index is -3.10. The Labute approximate surface area is 120 Å². The van der Waals surface area contributed by atoms with Crippen LogP contribution < -0.4 is 5.32 Å². The van der Waals surface area contributed by atoms with Crippen LogP contribution in [0.2, 0.25) is 0 Å². The Bertz CT molecular complexity index is 504. The Morgan fingerprint density at radius 1 is 1.50 bits per heavy atom. The first-order valence-corrected chi connectivity index (χ1v) is 9.23. The predicted molar refractivity (Wildman–Crippen MR) is 71.9 cm³/mol. The first-order valence-electron chi connectivity index (χ1n) is 5.83. The van der Waals surface area contributed by atoms with Gasteiger partial charge in [0.25, 0.3) is 11.8 Å². The first-order chi connectivity index (χ1) is 9.20. The van der Waals surface area contributed by atoms with E-state index in [-0.39, 0.29) is 25.3 Å². The number of hydroxylamine groups is 2. The minimum Gasteiger partial charge on any atom is -0.329 e. The van der Waals surface area contributed by atoms with Gasteiger partial charge in [0.2, 0.25) is 0 Å². The maximum Gasteiger partial charge on any atom is 0.346 e. The second kappa shape index (κ2) is 7.04. The van der Waals surface area contributed by atoms with Crippen molar-refractivity contribution < 1.29 is 27.6 Å². The van der Waals surface area contributed by atoms with E-state index < -0.39 is 32.6 Å². The number of carbonyl (C=O) groups is 3. The Morgan fingerprint density at radius 3 is 2.65 bits per heavy atom. The van der Waals surface area contributed by atoms with Crippen LogP contribution in [0.15, 0.2) is 0 Å². The van der Waals surface area contributed by atoms with Gasteiger partial charge in [-0.3, -0.25) is 9.59 Å². The largest absolute Gasteiger partial charge is 0.346 e. The van der Waals surface area contributed by atoms with Crippen LogP contribution in [0.1, 0.15) is 13.3 Å². The maximum absolute atomic E-state index is 11.5. The van der Waals surface area contributed by atoms with Gasteiger partial charge >= 0.3 is 5.97 Å². The fourth-order valence-electron chi connectivity index (χ4n) is 1.44. The van der Waals surface area contributed by atoms with Crippen LogP contribution in [-0.4, -0.2) is 56.4 Å². The normalized spacial score (nSPS) is 19.5. The molecular weight excluding hydrogens is 308 g/mol. The van der Waals surface area contributed by atoms with Crippen molar-refractivity contribution in [2.45, 2.75) is 13.3 Å². The third-order valence-electron chi connectivity index (χ3n) is 2.37. The molecule has 0 saturated carbocycles. The van der Waals surface area contributed by atoms with Gasteiger partial charge in [0.1, 0.15) is 0 Å². The van der Waals surface area contributed by atoms with E-state index in [0.29, 0.717) is 5.06 Å². The van der Waals surface area contributed by atoms with E-state index in [2.05, 4.69) is 10.2 Å². The van der Waals surface area contributed by atoms with E-state index >= 15 is 0 Å². The summed E-state index contributed by atoms with van der Waals surface area (Å²) >= 11 is 0. The molecule has 8 nitrogen and oxygen atoms in total. The fourth-order valence-corrected chi connectivity index (χ4v) is 3.13. The second-order valence-corrected chi connectivity index (χ2v) is 8.87. The van der Waals surface area contributed by atoms with E-state index in [9.17, 15) is 22.8 Å². The van der Waals surface area contributed by atoms with Crippen LogP contribution in [0, 0.1) is 5.92 Å². The zero-order valence-electron chi connectivity index (χ0n) is 11.1. The molecule has 1 unspecified atom stereocenters. The summed E-state index contributed by atoms with van der Waals surface area (Å²) in [6.45, 7) is 1.65. The lowest BCUT2D eigenvalue weighted by Crippen LogP contribution is -2.37. The predicted octanol–water partition coefficient (Wildman–Crippen LogP) is -0.878. The topological polar surface area (TPSA) is 110 Å². The van der Waals surface area contributed by atoms with Gasteiger partial charge in [-0.1, -0.05) is 6.92 Å². The van der Waals surface area contributed by atoms with Crippen LogP contribution in [0.25, 0.3) is 0 Å². The van der Waals surface area contributed by atoms with Crippen molar-refractivity contribution in [3.8, 4) is 0 Å². The molecule has 0 aromatic rings. The molecule has 0 aromatic heterocycles. The maximum atomic E-state index is 11.5. The monoisotopic (exact) mass is 324 g/mol.